The van der Waals surface area contributed by atoms with E-state index in [-0.39, 0.29) is 27.8 Å². The van der Waals surface area contributed by atoms with Gasteiger partial charge in [0.15, 0.2) is 11.5 Å². The Morgan fingerprint density at radius 3 is 2.60 bits per heavy atom. The van der Waals surface area contributed by atoms with Gasteiger partial charge in [-0.2, -0.15) is 13.2 Å². The third-order valence-corrected chi connectivity index (χ3v) is 3.26. The fraction of sp³-hybridized carbons (Fsp3) is 0.364. The van der Waals surface area contributed by atoms with E-state index < -0.39 is 18.7 Å². The quantitative estimate of drug-likeness (QED) is 0.880. The molecule has 0 saturated heterocycles. The molecule has 1 aliphatic rings. The van der Waals surface area contributed by atoms with Crippen molar-refractivity contribution in [2.24, 2.45) is 0 Å². The molecule has 9 heteroatoms. The highest BCUT2D eigenvalue weighted by Crippen LogP contribution is 2.47. The topological polar surface area (TPSA) is 56.5 Å². The number of fused-ring (bicyclic) bond motifs is 2. The third-order valence-electron chi connectivity index (χ3n) is 2.97. The van der Waals surface area contributed by atoms with Crippen molar-refractivity contribution >= 4 is 22.6 Å². The van der Waals surface area contributed by atoms with Crippen molar-refractivity contribution in [2.75, 3.05) is 0 Å². The lowest BCUT2D eigenvalue weighted by Gasteiger charge is -2.35. The van der Waals surface area contributed by atoms with E-state index in [2.05, 4.69) is 14.5 Å². The molecule has 1 aromatic carbocycles. The second kappa shape index (κ2) is 3.92. The third kappa shape index (κ3) is 1.71. The molecular weight excluding hydrogens is 301 g/mol. The number of aliphatic hydroxyl groups is 1. The van der Waals surface area contributed by atoms with Crippen LogP contribution in [0.4, 0.5) is 13.2 Å². The number of ether oxygens (including phenoxy) is 2. The van der Waals surface area contributed by atoms with Crippen LogP contribution in [-0.4, -0.2) is 26.6 Å². The van der Waals surface area contributed by atoms with Gasteiger partial charge in [-0.15, -0.1) is 0 Å². The largest absolute Gasteiger partial charge is 0.471 e. The SMILES string of the molecule is CC1(F)Oc2cc3nc(Cl)n(CO)c3cc2OC1(F)F. The second-order valence-corrected chi connectivity index (χ2v) is 4.71. The molecule has 0 aliphatic carbocycles. The van der Waals surface area contributed by atoms with Crippen LogP contribution in [0.3, 0.4) is 0 Å². The molecule has 0 amide bonds. The minimum Gasteiger partial charge on any atom is -0.445 e. The average Bonchev–Trinajstić information content (AvgIpc) is 2.61. The second-order valence-electron chi connectivity index (χ2n) is 4.38. The number of imidazole rings is 1. The van der Waals surface area contributed by atoms with Crippen LogP contribution in [0.25, 0.3) is 11.0 Å². The molecule has 0 bridgehead atoms. The van der Waals surface area contributed by atoms with Crippen LogP contribution in [0, 0.1) is 0 Å². The highest BCUT2D eigenvalue weighted by molar-refractivity contribution is 6.29. The van der Waals surface area contributed by atoms with E-state index in [1.165, 1.54) is 10.6 Å². The number of halogens is 4. The van der Waals surface area contributed by atoms with Crippen LogP contribution in [0.1, 0.15) is 6.92 Å². The highest BCUT2D eigenvalue weighted by Gasteiger charge is 2.60. The number of aliphatic hydroxyl groups excluding tert-OH is 1. The Morgan fingerprint density at radius 1 is 1.30 bits per heavy atom. The lowest BCUT2D eigenvalue weighted by Crippen LogP contribution is -2.53. The summed E-state index contributed by atoms with van der Waals surface area (Å²) in [5.41, 5.74) is 0.519. The molecule has 2 heterocycles. The van der Waals surface area contributed by atoms with Crippen LogP contribution in [-0.2, 0) is 6.73 Å². The molecule has 20 heavy (non-hydrogen) atoms. The first-order valence-corrected chi connectivity index (χ1v) is 5.88. The summed E-state index contributed by atoms with van der Waals surface area (Å²) in [4.78, 5) is 3.90. The first-order chi connectivity index (χ1) is 9.25. The molecular formula is C11H8ClF3N2O3. The standard InChI is InChI=1S/C11H8ClF3N2O3/c1-10(13)11(14,15)20-8-3-6-5(2-7(8)19-10)16-9(12)17(6)4-18/h2-3,18H,4H2,1H3. The van der Waals surface area contributed by atoms with Crippen LogP contribution < -0.4 is 9.47 Å². The van der Waals surface area contributed by atoms with Gasteiger partial charge in [0, 0.05) is 19.1 Å². The summed E-state index contributed by atoms with van der Waals surface area (Å²) in [6, 6.07) is 2.37. The molecule has 0 saturated carbocycles. The predicted octanol–water partition coefficient (Wildman–Crippen LogP) is 2.69. The molecule has 0 spiro atoms. The molecule has 1 aromatic heterocycles. The molecule has 3 rings (SSSR count). The van der Waals surface area contributed by atoms with Gasteiger partial charge in [-0.1, -0.05) is 0 Å². The van der Waals surface area contributed by atoms with Crippen molar-refractivity contribution < 1.29 is 27.8 Å². The van der Waals surface area contributed by atoms with Crippen molar-refractivity contribution in [1.29, 1.82) is 0 Å². The van der Waals surface area contributed by atoms with E-state index in [1.807, 2.05) is 0 Å². The van der Waals surface area contributed by atoms with Crippen LogP contribution >= 0.6 is 11.6 Å². The van der Waals surface area contributed by atoms with E-state index in [0.717, 1.165) is 6.07 Å². The number of rotatable bonds is 1. The Bertz CT molecular complexity index is 702. The van der Waals surface area contributed by atoms with Gasteiger partial charge in [-0.25, -0.2) is 4.98 Å². The van der Waals surface area contributed by atoms with Gasteiger partial charge < -0.3 is 14.6 Å². The van der Waals surface area contributed by atoms with E-state index in [9.17, 15) is 13.2 Å². The van der Waals surface area contributed by atoms with Gasteiger partial charge in [0.05, 0.1) is 11.0 Å². The number of alkyl halides is 3. The molecule has 0 radical (unpaired) electrons. The summed E-state index contributed by atoms with van der Waals surface area (Å²) in [6.45, 7) is 0.0750. The van der Waals surface area contributed by atoms with Crippen molar-refractivity contribution in [3.05, 3.63) is 17.4 Å². The number of hydrogen-bond donors (Lipinski definition) is 1. The minimum atomic E-state index is -4.14. The Kier molecular flexibility index (Phi) is 2.61. The number of aromatic nitrogens is 2. The predicted molar refractivity (Wildman–Crippen MR) is 62.7 cm³/mol. The van der Waals surface area contributed by atoms with E-state index in [1.54, 1.807) is 0 Å². The molecule has 1 aliphatic heterocycles. The minimum absolute atomic E-state index is 0.0420. The molecule has 5 nitrogen and oxygen atoms in total. The first kappa shape index (κ1) is 13.3. The first-order valence-electron chi connectivity index (χ1n) is 5.50. The number of hydrogen-bond acceptors (Lipinski definition) is 4. The normalized spacial score (nSPS) is 24.1. The molecule has 1 atom stereocenters. The fourth-order valence-electron chi connectivity index (χ4n) is 1.89. The smallest absolute Gasteiger partial charge is 0.445 e. The van der Waals surface area contributed by atoms with E-state index in [0.29, 0.717) is 6.92 Å². The maximum absolute atomic E-state index is 13.7. The maximum atomic E-state index is 13.7. The summed E-state index contributed by atoms with van der Waals surface area (Å²) in [5, 5.41) is 9.11. The van der Waals surface area contributed by atoms with Gasteiger partial charge >= 0.3 is 12.0 Å². The monoisotopic (exact) mass is 308 g/mol. The van der Waals surface area contributed by atoms with Crippen molar-refractivity contribution in [3.63, 3.8) is 0 Å². The fourth-order valence-corrected chi connectivity index (χ4v) is 2.13. The van der Waals surface area contributed by atoms with Crippen molar-refractivity contribution in [2.45, 2.75) is 25.6 Å². The molecule has 108 valence electrons. The zero-order valence-electron chi connectivity index (χ0n) is 10.0. The summed E-state index contributed by atoms with van der Waals surface area (Å²) >= 11 is 5.77. The van der Waals surface area contributed by atoms with Gasteiger partial charge in [-0.05, 0) is 11.6 Å². The van der Waals surface area contributed by atoms with Crippen molar-refractivity contribution in [1.82, 2.24) is 9.55 Å². The number of benzene rings is 1. The lowest BCUT2D eigenvalue weighted by molar-refractivity contribution is -0.332. The summed E-state index contributed by atoms with van der Waals surface area (Å²) < 4.78 is 50.7. The zero-order chi connectivity index (χ0) is 14.7. The maximum Gasteiger partial charge on any atom is 0.471 e. The molecule has 1 unspecified atom stereocenters. The van der Waals surface area contributed by atoms with Crippen LogP contribution in [0.15, 0.2) is 12.1 Å². The molecule has 2 aromatic rings. The number of nitrogens with zero attached hydrogens (tertiary/aromatic N) is 2. The van der Waals surface area contributed by atoms with Gasteiger partial charge in [0.2, 0.25) is 5.28 Å². The van der Waals surface area contributed by atoms with Crippen LogP contribution in [0.2, 0.25) is 5.28 Å². The Morgan fingerprint density at radius 2 is 1.95 bits per heavy atom. The lowest BCUT2D eigenvalue weighted by atomic mass is 10.2. The summed E-state index contributed by atoms with van der Waals surface area (Å²) in [5.74, 6) is -3.87. The molecule has 1 N–H and O–H groups in total. The van der Waals surface area contributed by atoms with Gasteiger partial charge in [0.1, 0.15) is 6.73 Å². The Balaban J connectivity index is 2.21. The van der Waals surface area contributed by atoms with Crippen molar-refractivity contribution in [3.8, 4) is 11.5 Å². The summed E-state index contributed by atoms with van der Waals surface area (Å²) in [6.07, 6.45) is -4.14. The van der Waals surface area contributed by atoms with Gasteiger partial charge in [0.25, 0.3) is 0 Å². The Labute approximate surface area is 115 Å². The van der Waals surface area contributed by atoms with E-state index in [4.69, 9.17) is 16.7 Å². The Hall–Kier alpha value is -1.67. The summed E-state index contributed by atoms with van der Waals surface area (Å²) in [7, 11) is 0. The van der Waals surface area contributed by atoms with E-state index >= 15 is 0 Å². The van der Waals surface area contributed by atoms with Gasteiger partial charge in [-0.3, -0.25) is 4.57 Å². The average molecular weight is 309 g/mol. The highest BCUT2D eigenvalue weighted by atomic mass is 35.5. The molecule has 0 fully saturated rings. The zero-order valence-corrected chi connectivity index (χ0v) is 10.8. The van der Waals surface area contributed by atoms with Crippen LogP contribution in [0.5, 0.6) is 11.5 Å².